The van der Waals surface area contributed by atoms with Gasteiger partial charge in [0.25, 0.3) is 0 Å². The highest BCUT2D eigenvalue weighted by atomic mass is 79.9. The van der Waals surface area contributed by atoms with Gasteiger partial charge in [0.1, 0.15) is 11.2 Å². The highest BCUT2D eigenvalue weighted by Gasteiger charge is 2.31. The second kappa shape index (κ2) is 5.58. The second-order valence-corrected chi connectivity index (χ2v) is 7.93. The smallest absolute Gasteiger partial charge is 0.135 e. The number of hydrogen-bond donors (Lipinski definition) is 0. The minimum Gasteiger partial charge on any atom is -0.456 e. The van der Waals surface area contributed by atoms with E-state index in [1.807, 2.05) is 12.1 Å². The van der Waals surface area contributed by atoms with Crippen LogP contribution in [0.4, 0.5) is 0 Å². The van der Waals surface area contributed by atoms with E-state index in [0.717, 1.165) is 11.2 Å². The van der Waals surface area contributed by atoms with Crippen molar-refractivity contribution >= 4 is 37.9 Å². The molecule has 1 heterocycles. The van der Waals surface area contributed by atoms with Crippen molar-refractivity contribution in [3.05, 3.63) is 106 Å². The highest BCUT2D eigenvalue weighted by molar-refractivity contribution is 9.10. The van der Waals surface area contributed by atoms with Crippen LogP contribution in [0.5, 0.6) is 0 Å². The third kappa shape index (κ3) is 2.11. The SMILES string of the molecule is Brc1cccc2c1C(c1ccc3oc4ccccc4c3c1)c1ccccc1-2. The Morgan fingerprint density at radius 1 is 0.667 bits per heavy atom. The summed E-state index contributed by atoms with van der Waals surface area (Å²) in [6, 6.07) is 30.1. The molecule has 27 heavy (non-hydrogen) atoms. The maximum Gasteiger partial charge on any atom is 0.135 e. The lowest BCUT2D eigenvalue weighted by Crippen LogP contribution is -1.99. The third-order valence-electron chi connectivity index (χ3n) is 5.64. The zero-order chi connectivity index (χ0) is 18.0. The lowest BCUT2D eigenvalue weighted by Gasteiger charge is -2.16. The van der Waals surface area contributed by atoms with Gasteiger partial charge in [-0.1, -0.05) is 76.6 Å². The fraction of sp³-hybridized carbons (Fsp3) is 0.0400. The van der Waals surface area contributed by atoms with E-state index < -0.39 is 0 Å². The van der Waals surface area contributed by atoms with Crippen LogP contribution in [0.3, 0.4) is 0 Å². The largest absolute Gasteiger partial charge is 0.456 e. The van der Waals surface area contributed by atoms with E-state index in [1.54, 1.807) is 0 Å². The molecule has 0 aliphatic heterocycles. The van der Waals surface area contributed by atoms with E-state index in [-0.39, 0.29) is 5.92 Å². The van der Waals surface area contributed by atoms with Crippen LogP contribution >= 0.6 is 15.9 Å². The van der Waals surface area contributed by atoms with Crippen molar-refractivity contribution in [2.24, 2.45) is 0 Å². The summed E-state index contributed by atoms with van der Waals surface area (Å²) >= 11 is 3.81. The molecule has 5 aromatic rings. The van der Waals surface area contributed by atoms with Gasteiger partial charge < -0.3 is 4.42 Å². The predicted molar refractivity (Wildman–Crippen MR) is 114 cm³/mol. The molecule has 4 aromatic carbocycles. The van der Waals surface area contributed by atoms with Crippen LogP contribution in [-0.2, 0) is 0 Å². The average Bonchev–Trinajstić information content (AvgIpc) is 3.24. The van der Waals surface area contributed by atoms with E-state index in [0.29, 0.717) is 0 Å². The second-order valence-electron chi connectivity index (χ2n) is 7.08. The standard InChI is InChI=1S/C25H15BrO/c26-21-10-5-9-19-16-6-1-2-8-18(16)24(25(19)21)15-12-13-23-20(14-15)17-7-3-4-11-22(17)27-23/h1-14,24H. The fourth-order valence-electron chi connectivity index (χ4n) is 4.48. The number of halogens is 1. The molecule has 0 saturated carbocycles. The molecule has 1 unspecified atom stereocenters. The van der Waals surface area contributed by atoms with Gasteiger partial charge >= 0.3 is 0 Å². The molecule has 1 aromatic heterocycles. The number of rotatable bonds is 1. The summed E-state index contributed by atoms with van der Waals surface area (Å²) in [7, 11) is 0. The zero-order valence-electron chi connectivity index (χ0n) is 14.4. The summed E-state index contributed by atoms with van der Waals surface area (Å²) < 4.78 is 7.19. The Hall–Kier alpha value is -2.84. The summed E-state index contributed by atoms with van der Waals surface area (Å²) in [6.45, 7) is 0. The van der Waals surface area contributed by atoms with Gasteiger partial charge in [-0.15, -0.1) is 0 Å². The van der Waals surface area contributed by atoms with Gasteiger partial charge in [-0.2, -0.15) is 0 Å². The molecule has 0 spiro atoms. The fourth-order valence-corrected chi connectivity index (χ4v) is 5.08. The summed E-state index contributed by atoms with van der Waals surface area (Å²) in [5.41, 5.74) is 8.55. The number of furan rings is 1. The molecule has 1 aliphatic carbocycles. The van der Waals surface area contributed by atoms with Gasteiger partial charge in [-0.3, -0.25) is 0 Å². The number of fused-ring (bicyclic) bond motifs is 6. The van der Waals surface area contributed by atoms with Crippen molar-refractivity contribution in [2.75, 3.05) is 0 Å². The molecular formula is C25H15BrO. The van der Waals surface area contributed by atoms with Crippen LogP contribution in [0.25, 0.3) is 33.1 Å². The molecule has 2 heteroatoms. The van der Waals surface area contributed by atoms with Crippen LogP contribution in [0.2, 0.25) is 0 Å². The lowest BCUT2D eigenvalue weighted by molar-refractivity contribution is 0.668. The molecule has 6 rings (SSSR count). The maximum atomic E-state index is 6.02. The molecule has 0 fully saturated rings. The molecule has 1 nitrogen and oxygen atoms in total. The molecule has 128 valence electrons. The van der Waals surface area contributed by atoms with E-state index in [4.69, 9.17) is 4.42 Å². The van der Waals surface area contributed by atoms with Crippen LogP contribution in [0.15, 0.2) is 93.8 Å². The Morgan fingerprint density at radius 3 is 2.41 bits per heavy atom. The van der Waals surface area contributed by atoms with E-state index >= 15 is 0 Å². The number of benzene rings is 4. The molecule has 1 aliphatic rings. The molecule has 0 amide bonds. The highest BCUT2D eigenvalue weighted by Crippen LogP contribution is 2.51. The Bertz CT molecular complexity index is 1350. The Kier molecular flexibility index (Phi) is 3.15. The minimum absolute atomic E-state index is 0.227. The lowest BCUT2D eigenvalue weighted by atomic mass is 9.88. The summed E-state index contributed by atoms with van der Waals surface area (Å²) in [5, 5.41) is 2.36. The zero-order valence-corrected chi connectivity index (χ0v) is 16.0. The van der Waals surface area contributed by atoms with Crippen molar-refractivity contribution in [2.45, 2.75) is 5.92 Å². The summed E-state index contributed by atoms with van der Waals surface area (Å²) in [5.74, 6) is 0.227. The van der Waals surface area contributed by atoms with Crippen LogP contribution < -0.4 is 0 Å². The van der Waals surface area contributed by atoms with Gasteiger partial charge in [-0.05, 0) is 52.1 Å². The normalized spacial score (nSPS) is 15.2. The first-order valence-corrected chi connectivity index (χ1v) is 9.89. The quantitative estimate of drug-likeness (QED) is 0.273. The van der Waals surface area contributed by atoms with Gasteiger partial charge in [0.05, 0.1) is 0 Å². The van der Waals surface area contributed by atoms with Crippen LogP contribution in [0, 0.1) is 0 Å². The monoisotopic (exact) mass is 410 g/mol. The molecule has 0 radical (unpaired) electrons. The summed E-state index contributed by atoms with van der Waals surface area (Å²) in [6.07, 6.45) is 0. The first-order valence-electron chi connectivity index (χ1n) is 9.10. The average molecular weight is 411 g/mol. The molecule has 0 N–H and O–H groups in total. The van der Waals surface area contributed by atoms with Gasteiger partial charge in [0.2, 0.25) is 0 Å². The Morgan fingerprint density at radius 2 is 1.44 bits per heavy atom. The van der Waals surface area contributed by atoms with Gasteiger partial charge in [0, 0.05) is 21.2 Å². The van der Waals surface area contributed by atoms with Crippen molar-refractivity contribution in [3.8, 4) is 11.1 Å². The van der Waals surface area contributed by atoms with E-state index in [1.165, 1.54) is 43.1 Å². The van der Waals surface area contributed by atoms with Crippen molar-refractivity contribution in [1.82, 2.24) is 0 Å². The third-order valence-corrected chi connectivity index (χ3v) is 6.33. The van der Waals surface area contributed by atoms with Crippen LogP contribution in [-0.4, -0.2) is 0 Å². The number of para-hydroxylation sites is 1. The Labute approximate surface area is 165 Å². The van der Waals surface area contributed by atoms with Gasteiger partial charge in [0.15, 0.2) is 0 Å². The van der Waals surface area contributed by atoms with Crippen molar-refractivity contribution < 1.29 is 4.42 Å². The van der Waals surface area contributed by atoms with Crippen molar-refractivity contribution in [3.63, 3.8) is 0 Å². The maximum absolute atomic E-state index is 6.02. The van der Waals surface area contributed by atoms with Gasteiger partial charge in [-0.25, -0.2) is 0 Å². The predicted octanol–water partition coefficient (Wildman–Crippen LogP) is 7.51. The molecular weight excluding hydrogens is 396 g/mol. The first kappa shape index (κ1) is 15.2. The molecule has 1 atom stereocenters. The topological polar surface area (TPSA) is 13.1 Å². The van der Waals surface area contributed by atoms with Crippen molar-refractivity contribution in [1.29, 1.82) is 0 Å². The van der Waals surface area contributed by atoms with E-state index in [2.05, 4.69) is 88.7 Å². The van der Waals surface area contributed by atoms with Crippen LogP contribution in [0.1, 0.15) is 22.6 Å². The summed E-state index contributed by atoms with van der Waals surface area (Å²) in [4.78, 5) is 0. The number of hydrogen-bond acceptors (Lipinski definition) is 1. The Balaban J connectivity index is 1.66. The molecule has 0 bridgehead atoms. The molecule has 0 saturated heterocycles. The minimum atomic E-state index is 0.227. The first-order chi connectivity index (χ1) is 13.3. The van der Waals surface area contributed by atoms with E-state index in [9.17, 15) is 0 Å².